The number of carbonyl (C=O) groups is 3. The maximum atomic E-state index is 12.8. The van der Waals surface area contributed by atoms with Crippen LogP contribution in [0.5, 0.6) is 0 Å². The average Bonchev–Trinajstić information content (AvgIpc) is 3.33. The first-order chi connectivity index (χ1) is 33.0. The molecule has 0 aromatic rings. The van der Waals surface area contributed by atoms with Crippen molar-refractivity contribution in [2.75, 3.05) is 13.2 Å². The van der Waals surface area contributed by atoms with Gasteiger partial charge in [0.25, 0.3) is 0 Å². The zero-order valence-corrected chi connectivity index (χ0v) is 43.9. The number of hydrogen-bond acceptors (Lipinski definition) is 6. The van der Waals surface area contributed by atoms with Crippen LogP contribution in [-0.2, 0) is 28.6 Å². The van der Waals surface area contributed by atoms with Crippen LogP contribution < -0.4 is 0 Å². The zero-order valence-electron chi connectivity index (χ0n) is 43.9. The standard InChI is InChI=1S/C61H104O6/c1-4-7-10-13-16-19-22-25-28-29-30-31-34-36-39-42-45-48-51-54-60(63)66-57-58(67-61(64)55-52-49-46-43-40-37-33-27-24-21-18-15-12-9-6-3)56-65-59(62)53-50-47-44-41-38-35-32-26-23-20-17-14-11-8-5-2/h8-9,11-12,17-18,20-21,25-28,32-33,58H,4-7,10,13-16,19,22-24,29-31,34-57H2,1-3H3/b11-8-,12-9-,20-17-,21-18-,28-25-,32-26-,33-27-. The summed E-state index contributed by atoms with van der Waals surface area (Å²) in [4.78, 5) is 38.1. The van der Waals surface area contributed by atoms with E-state index in [1.807, 2.05) is 0 Å². The van der Waals surface area contributed by atoms with Crippen molar-refractivity contribution >= 4 is 17.9 Å². The van der Waals surface area contributed by atoms with Gasteiger partial charge in [-0.15, -0.1) is 0 Å². The Bertz CT molecular complexity index is 1300. The largest absolute Gasteiger partial charge is 0.462 e. The summed E-state index contributed by atoms with van der Waals surface area (Å²) >= 11 is 0. The molecule has 0 aromatic heterocycles. The fourth-order valence-electron chi connectivity index (χ4n) is 7.70. The third-order valence-electron chi connectivity index (χ3n) is 11.9. The Morgan fingerprint density at radius 1 is 0.313 bits per heavy atom. The molecule has 67 heavy (non-hydrogen) atoms. The van der Waals surface area contributed by atoms with Crippen LogP contribution in [0.1, 0.15) is 265 Å². The van der Waals surface area contributed by atoms with E-state index in [1.54, 1.807) is 0 Å². The molecule has 0 rings (SSSR count). The van der Waals surface area contributed by atoms with Crippen LogP contribution in [0, 0.1) is 0 Å². The number of ether oxygens (including phenoxy) is 3. The Morgan fingerprint density at radius 2 is 0.582 bits per heavy atom. The summed E-state index contributed by atoms with van der Waals surface area (Å²) in [5.41, 5.74) is 0. The summed E-state index contributed by atoms with van der Waals surface area (Å²) < 4.78 is 16.8. The van der Waals surface area contributed by atoms with E-state index in [-0.39, 0.29) is 31.1 Å². The molecule has 0 aromatic carbocycles. The van der Waals surface area contributed by atoms with Gasteiger partial charge in [-0.3, -0.25) is 14.4 Å². The van der Waals surface area contributed by atoms with Crippen molar-refractivity contribution in [3.63, 3.8) is 0 Å². The minimum Gasteiger partial charge on any atom is -0.462 e. The molecule has 0 bridgehead atoms. The second kappa shape index (κ2) is 55.2. The third kappa shape index (κ3) is 53.4. The molecule has 0 aliphatic rings. The normalized spacial score (nSPS) is 12.7. The first-order valence-electron chi connectivity index (χ1n) is 28.1. The lowest BCUT2D eigenvalue weighted by atomic mass is 10.1. The van der Waals surface area contributed by atoms with Crippen LogP contribution in [0.3, 0.4) is 0 Å². The van der Waals surface area contributed by atoms with E-state index in [0.29, 0.717) is 19.3 Å². The van der Waals surface area contributed by atoms with Gasteiger partial charge in [-0.25, -0.2) is 0 Å². The highest BCUT2D eigenvalue weighted by Gasteiger charge is 2.19. The number of rotatable bonds is 50. The topological polar surface area (TPSA) is 78.9 Å². The number of hydrogen-bond donors (Lipinski definition) is 0. The van der Waals surface area contributed by atoms with Gasteiger partial charge in [-0.1, -0.05) is 221 Å². The predicted octanol–water partition coefficient (Wildman–Crippen LogP) is 18.8. The summed E-state index contributed by atoms with van der Waals surface area (Å²) in [5.74, 6) is -0.923. The molecule has 0 saturated heterocycles. The SMILES string of the molecule is CC/C=C\C/C=C\C/C=C\CCCCCCCC(=O)OCC(COC(=O)CCCCCCCCCCC/C=C\CCCCCCCC)OC(=O)CCCCCCC/C=C\C/C=C\C/C=C\CC. The highest BCUT2D eigenvalue weighted by Crippen LogP contribution is 2.15. The molecule has 6 heteroatoms. The lowest BCUT2D eigenvalue weighted by molar-refractivity contribution is -0.167. The molecule has 1 atom stereocenters. The molecule has 0 spiro atoms. The number of esters is 3. The molecule has 1 unspecified atom stereocenters. The van der Waals surface area contributed by atoms with Crippen LogP contribution in [0.15, 0.2) is 85.1 Å². The van der Waals surface area contributed by atoms with Gasteiger partial charge in [-0.2, -0.15) is 0 Å². The van der Waals surface area contributed by atoms with Gasteiger partial charge >= 0.3 is 17.9 Å². The molecule has 0 heterocycles. The molecular weight excluding hydrogens is 829 g/mol. The third-order valence-corrected chi connectivity index (χ3v) is 11.9. The summed E-state index contributed by atoms with van der Waals surface area (Å²) in [5, 5.41) is 0. The van der Waals surface area contributed by atoms with Gasteiger partial charge in [0.1, 0.15) is 13.2 Å². The Labute approximate surface area is 414 Å². The summed E-state index contributed by atoms with van der Waals surface area (Å²) in [6.07, 6.45) is 71.4. The molecule has 0 fully saturated rings. The summed E-state index contributed by atoms with van der Waals surface area (Å²) in [7, 11) is 0. The van der Waals surface area contributed by atoms with E-state index in [2.05, 4.69) is 106 Å². The number of carbonyl (C=O) groups excluding carboxylic acids is 3. The highest BCUT2D eigenvalue weighted by atomic mass is 16.6. The molecule has 384 valence electrons. The van der Waals surface area contributed by atoms with Crippen LogP contribution in [0.2, 0.25) is 0 Å². The minimum absolute atomic E-state index is 0.0903. The predicted molar refractivity (Wildman–Crippen MR) is 288 cm³/mol. The molecule has 0 N–H and O–H groups in total. The van der Waals surface area contributed by atoms with E-state index in [9.17, 15) is 14.4 Å². The van der Waals surface area contributed by atoms with Gasteiger partial charge in [0.15, 0.2) is 6.10 Å². The Hall–Kier alpha value is -3.41. The van der Waals surface area contributed by atoms with Crippen molar-refractivity contribution in [3.8, 4) is 0 Å². The van der Waals surface area contributed by atoms with Crippen LogP contribution in [-0.4, -0.2) is 37.2 Å². The van der Waals surface area contributed by atoms with Crippen molar-refractivity contribution in [2.45, 2.75) is 271 Å². The molecule has 0 aliphatic carbocycles. The lowest BCUT2D eigenvalue weighted by Crippen LogP contribution is -2.30. The lowest BCUT2D eigenvalue weighted by Gasteiger charge is -2.18. The fourth-order valence-corrected chi connectivity index (χ4v) is 7.70. The summed E-state index contributed by atoms with van der Waals surface area (Å²) in [6, 6.07) is 0. The van der Waals surface area contributed by atoms with Crippen molar-refractivity contribution < 1.29 is 28.6 Å². The molecule has 6 nitrogen and oxygen atoms in total. The summed E-state index contributed by atoms with van der Waals surface area (Å²) in [6.45, 7) is 6.39. The minimum atomic E-state index is -0.794. The van der Waals surface area contributed by atoms with Crippen molar-refractivity contribution in [1.82, 2.24) is 0 Å². The van der Waals surface area contributed by atoms with Crippen LogP contribution in [0.25, 0.3) is 0 Å². The van der Waals surface area contributed by atoms with Gasteiger partial charge in [-0.05, 0) is 109 Å². The van der Waals surface area contributed by atoms with Gasteiger partial charge < -0.3 is 14.2 Å². The van der Waals surface area contributed by atoms with E-state index in [1.165, 1.54) is 89.9 Å². The highest BCUT2D eigenvalue weighted by molar-refractivity contribution is 5.71. The van der Waals surface area contributed by atoms with E-state index >= 15 is 0 Å². The quantitative estimate of drug-likeness (QED) is 0.0262. The van der Waals surface area contributed by atoms with Crippen molar-refractivity contribution in [2.24, 2.45) is 0 Å². The van der Waals surface area contributed by atoms with Crippen LogP contribution in [0.4, 0.5) is 0 Å². The molecule has 0 radical (unpaired) electrons. The Balaban J connectivity index is 4.41. The number of unbranched alkanes of at least 4 members (excludes halogenated alkanes) is 25. The second-order valence-corrected chi connectivity index (χ2v) is 18.4. The van der Waals surface area contributed by atoms with E-state index < -0.39 is 6.10 Å². The van der Waals surface area contributed by atoms with Gasteiger partial charge in [0, 0.05) is 19.3 Å². The van der Waals surface area contributed by atoms with Crippen molar-refractivity contribution in [3.05, 3.63) is 85.1 Å². The Kier molecular flexibility index (Phi) is 52.4. The van der Waals surface area contributed by atoms with Crippen molar-refractivity contribution in [1.29, 1.82) is 0 Å². The zero-order chi connectivity index (χ0) is 48.6. The van der Waals surface area contributed by atoms with E-state index in [0.717, 1.165) is 135 Å². The average molecular weight is 933 g/mol. The first-order valence-corrected chi connectivity index (χ1v) is 28.1. The Morgan fingerprint density at radius 3 is 0.925 bits per heavy atom. The fraction of sp³-hybridized carbons (Fsp3) is 0.721. The monoisotopic (exact) mass is 933 g/mol. The molecule has 0 amide bonds. The van der Waals surface area contributed by atoms with Gasteiger partial charge in [0.2, 0.25) is 0 Å². The van der Waals surface area contributed by atoms with E-state index in [4.69, 9.17) is 14.2 Å². The molecular formula is C61H104O6. The molecule has 0 saturated carbocycles. The van der Waals surface area contributed by atoms with Gasteiger partial charge in [0.05, 0.1) is 0 Å². The smallest absolute Gasteiger partial charge is 0.306 e. The maximum Gasteiger partial charge on any atom is 0.306 e. The van der Waals surface area contributed by atoms with Crippen LogP contribution >= 0.6 is 0 Å². The first kappa shape index (κ1) is 63.6. The molecule has 0 aliphatic heterocycles. The maximum absolute atomic E-state index is 12.8. The number of allylic oxidation sites excluding steroid dienone is 14. The second-order valence-electron chi connectivity index (χ2n) is 18.4.